The quantitative estimate of drug-likeness (QED) is 0.445. The molecule has 7 atom stereocenters. The molecular formula is C35H40N5O6-. The fourth-order valence-corrected chi connectivity index (χ4v) is 9.07. The summed E-state index contributed by atoms with van der Waals surface area (Å²) in [6.45, 7) is 4.53. The number of ether oxygens (including phenoxy) is 1. The van der Waals surface area contributed by atoms with Gasteiger partial charge in [-0.1, -0.05) is 56.3 Å². The number of rotatable bonds is 5. The van der Waals surface area contributed by atoms with Crippen molar-refractivity contribution in [3.8, 4) is 0 Å². The number of carbonyl (C=O) groups is 3. The highest BCUT2D eigenvalue weighted by Gasteiger charge is 2.72. The fourth-order valence-electron chi connectivity index (χ4n) is 9.07. The number of nitrogens with one attached hydrogen (secondary N) is 1. The van der Waals surface area contributed by atoms with E-state index < -0.39 is 41.5 Å². The topological polar surface area (TPSA) is 130 Å². The zero-order valence-corrected chi connectivity index (χ0v) is 26.4. The van der Waals surface area contributed by atoms with Crippen molar-refractivity contribution < 1.29 is 24.2 Å². The van der Waals surface area contributed by atoms with Gasteiger partial charge in [0, 0.05) is 54.5 Å². The number of likely N-dealkylation sites (tertiary alicyclic amines) is 1. The van der Waals surface area contributed by atoms with E-state index in [2.05, 4.69) is 16.3 Å². The molecule has 0 saturated carbocycles. The van der Waals surface area contributed by atoms with Crippen molar-refractivity contribution in [3.63, 3.8) is 0 Å². The molecule has 0 spiro atoms. The van der Waals surface area contributed by atoms with Gasteiger partial charge < -0.3 is 30.2 Å². The van der Waals surface area contributed by atoms with Crippen LogP contribution in [-0.2, 0) is 32.0 Å². The van der Waals surface area contributed by atoms with Gasteiger partial charge in [-0.2, -0.15) is 0 Å². The third kappa shape index (κ3) is 4.04. The van der Waals surface area contributed by atoms with Gasteiger partial charge in [0.1, 0.15) is 12.1 Å². The number of hydrogen-bond acceptors (Lipinski definition) is 7. The summed E-state index contributed by atoms with van der Waals surface area (Å²) in [5, 5.41) is 28.9. The molecule has 0 bridgehead atoms. The summed E-state index contributed by atoms with van der Waals surface area (Å²) >= 11 is 0. The zero-order valence-electron chi connectivity index (χ0n) is 26.4. The van der Waals surface area contributed by atoms with Crippen LogP contribution in [0.5, 0.6) is 0 Å². The van der Waals surface area contributed by atoms with E-state index in [0.29, 0.717) is 37.9 Å². The summed E-state index contributed by atoms with van der Waals surface area (Å²) in [6, 6.07) is 13.7. The number of carbonyl (C=O) groups excluding carboxylic acids is 3. The van der Waals surface area contributed by atoms with Gasteiger partial charge in [-0.3, -0.25) is 24.0 Å². The van der Waals surface area contributed by atoms with Gasteiger partial charge in [-0.25, -0.2) is 0 Å². The number of hydrogen-bond donors (Lipinski definition) is 2. The highest BCUT2D eigenvalue weighted by atomic mass is 16.7. The number of aliphatic hydroxyl groups is 1. The van der Waals surface area contributed by atoms with Crippen LogP contribution in [0.15, 0.2) is 54.7 Å². The Morgan fingerprint density at radius 3 is 2.70 bits per heavy atom. The van der Waals surface area contributed by atoms with Crippen molar-refractivity contribution in [1.29, 1.82) is 0 Å². The van der Waals surface area contributed by atoms with Gasteiger partial charge in [0.25, 0.3) is 11.8 Å². The number of amides is 3. The zero-order chi connectivity index (χ0) is 32.1. The highest BCUT2D eigenvalue weighted by Crippen LogP contribution is 2.49. The van der Waals surface area contributed by atoms with Crippen molar-refractivity contribution >= 4 is 28.6 Å². The molecule has 5 aliphatic rings. The van der Waals surface area contributed by atoms with Crippen molar-refractivity contribution in [2.24, 2.45) is 11.8 Å². The van der Waals surface area contributed by atoms with E-state index in [0.717, 1.165) is 33.2 Å². The average molecular weight is 627 g/mol. The molecule has 11 nitrogen and oxygen atoms in total. The molecule has 46 heavy (non-hydrogen) atoms. The second-order valence-electron chi connectivity index (χ2n) is 14.2. The predicted molar refractivity (Wildman–Crippen MR) is 169 cm³/mol. The lowest BCUT2D eigenvalue weighted by molar-refractivity contribution is -0.321. The molecule has 5 heterocycles. The molecule has 3 aromatic rings. The first-order valence-corrected chi connectivity index (χ1v) is 16.5. The average Bonchev–Trinajstić information content (AvgIpc) is 3.72. The molecule has 1 unspecified atom stereocenters. The lowest BCUT2D eigenvalue weighted by atomic mass is 9.72. The fraction of sp³-hybridized carbons (Fsp3) is 0.514. The van der Waals surface area contributed by atoms with Crippen molar-refractivity contribution in [1.82, 2.24) is 24.7 Å². The molecule has 8 rings (SSSR count). The Balaban J connectivity index is 1.12. The summed E-state index contributed by atoms with van der Waals surface area (Å²) in [7, 11) is 2.00. The molecule has 2 aromatic carbocycles. The number of piperidine rings is 1. The summed E-state index contributed by atoms with van der Waals surface area (Å²) < 4.78 is 7.43. The maximum atomic E-state index is 14.6. The summed E-state index contributed by atoms with van der Waals surface area (Å²) in [6.07, 6.45) is 4.34. The molecule has 4 aliphatic heterocycles. The van der Waals surface area contributed by atoms with Crippen LogP contribution < -0.4 is 5.32 Å². The van der Waals surface area contributed by atoms with E-state index in [4.69, 9.17) is 4.74 Å². The number of likely N-dealkylation sites (N-methyl/N-ethyl adjacent to an activating group) is 1. The van der Waals surface area contributed by atoms with Crippen LogP contribution in [-0.4, -0.2) is 92.2 Å². The Bertz CT molecular complexity index is 1740. The van der Waals surface area contributed by atoms with Crippen molar-refractivity contribution in [2.45, 2.75) is 81.6 Å². The third-order valence-corrected chi connectivity index (χ3v) is 11.3. The van der Waals surface area contributed by atoms with E-state index in [1.54, 1.807) is 24.9 Å². The third-order valence-electron chi connectivity index (χ3n) is 11.3. The van der Waals surface area contributed by atoms with Gasteiger partial charge in [-0.15, -0.1) is 0 Å². The Morgan fingerprint density at radius 2 is 1.93 bits per heavy atom. The van der Waals surface area contributed by atoms with Crippen LogP contribution in [0, 0.1) is 17.0 Å². The molecular weight excluding hydrogens is 586 g/mol. The SMILES string of the molecule is CC(C)[C@@]1(NC(=O)[C@@H]2CC3c4cccc5c4c(cn5[O-])C[C@H]3N(C)C2)O[C@@]2(O)[C@@H]3CCCN3C(=O)[C@H](Cc3ccccc3)N2C1=O. The van der Waals surface area contributed by atoms with Crippen LogP contribution in [0.25, 0.3) is 10.9 Å². The lowest BCUT2D eigenvalue weighted by Gasteiger charge is -2.48. The number of piperazine rings is 1. The van der Waals surface area contributed by atoms with E-state index in [1.807, 2.05) is 49.5 Å². The summed E-state index contributed by atoms with van der Waals surface area (Å²) in [5.74, 6) is -4.20. The minimum Gasteiger partial charge on any atom is -0.806 e. The Kier molecular flexibility index (Phi) is 6.59. The van der Waals surface area contributed by atoms with Gasteiger partial charge >= 0.3 is 0 Å². The molecule has 242 valence electrons. The van der Waals surface area contributed by atoms with Gasteiger partial charge in [0.05, 0.1) is 5.92 Å². The first-order valence-electron chi connectivity index (χ1n) is 16.5. The monoisotopic (exact) mass is 626 g/mol. The van der Waals surface area contributed by atoms with E-state index in [1.165, 1.54) is 4.90 Å². The smallest absolute Gasteiger partial charge is 0.281 e. The van der Waals surface area contributed by atoms with E-state index in [9.17, 15) is 24.7 Å². The Hall–Kier alpha value is -3.93. The van der Waals surface area contributed by atoms with Crippen molar-refractivity contribution in [3.05, 3.63) is 76.6 Å². The molecule has 2 N–H and O–H groups in total. The van der Waals surface area contributed by atoms with Gasteiger partial charge in [0.15, 0.2) is 0 Å². The normalized spacial score (nSPS) is 33.8. The van der Waals surface area contributed by atoms with Gasteiger partial charge in [0.2, 0.25) is 17.5 Å². The number of fused-ring (bicyclic) bond motifs is 5. The number of benzene rings is 2. The van der Waals surface area contributed by atoms with Crippen LogP contribution in [0.3, 0.4) is 0 Å². The Morgan fingerprint density at radius 1 is 1.15 bits per heavy atom. The lowest BCUT2D eigenvalue weighted by Crippen LogP contribution is -2.71. The number of aromatic nitrogens is 1. The standard InChI is InChI=1S/C35H40N5O6/c1-20(2)34(33(43)40-28(15-21-9-5-4-6-10-21)32(42)38-14-8-13-29(38)35(40,44)46-34)36-31(41)23-16-25-24-11-7-12-26-30(24)22(19-39(26)45)17-27(25)37(3)18-23/h4-7,9-12,19-20,23,25,27-29,44H,8,13-18H2,1-3H3,(H,36,41)/q-1/t23-,25?,27-,28+,29+,34-,35+/m1/s1. The van der Waals surface area contributed by atoms with Gasteiger partial charge in [-0.05, 0) is 55.5 Å². The number of nitrogens with zero attached hydrogens (tertiary/aromatic N) is 4. The second kappa shape index (κ2) is 10.3. The molecule has 4 saturated heterocycles. The molecule has 0 radical (unpaired) electrons. The molecule has 3 amide bonds. The maximum absolute atomic E-state index is 14.6. The predicted octanol–water partition coefficient (Wildman–Crippen LogP) is 2.54. The van der Waals surface area contributed by atoms with E-state index >= 15 is 0 Å². The highest BCUT2D eigenvalue weighted by molar-refractivity contribution is 5.98. The minimum absolute atomic E-state index is 0.0266. The molecule has 4 fully saturated rings. The maximum Gasteiger partial charge on any atom is 0.281 e. The summed E-state index contributed by atoms with van der Waals surface area (Å²) in [5.41, 5.74) is 1.76. The molecule has 1 aliphatic carbocycles. The molecule has 1 aromatic heterocycles. The summed E-state index contributed by atoms with van der Waals surface area (Å²) in [4.78, 5) is 47.9. The molecule has 11 heteroatoms. The van der Waals surface area contributed by atoms with Crippen molar-refractivity contribution in [2.75, 3.05) is 20.1 Å². The second-order valence-corrected chi connectivity index (χ2v) is 14.2. The first kappa shape index (κ1) is 29.5. The van der Waals surface area contributed by atoms with Crippen LogP contribution in [0.2, 0.25) is 0 Å². The van der Waals surface area contributed by atoms with Crippen LogP contribution in [0.4, 0.5) is 0 Å². The minimum atomic E-state index is -2.08. The Labute approximate surface area is 267 Å². The first-order chi connectivity index (χ1) is 22.0. The van der Waals surface area contributed by atoms with E-state index in [-0.39, 0.29) is 30.2 Å². The van der Waals surface area contributed by atoms with Crippen LogP contribution >= 0.6 is 0 Å². The largest absolute Gasteiger partial charge is 0.806 e. The van der Waals surface area contributed by atoms with Crippen LogP contribution in [0.1, 0.15) is 55.7 Å².